The second-order valence-electron chi connectivity index (χ2n) is 5.61. The fourth-order valence-electron chi connectivity index (χ4n) is 2.85. The Balaban J connectivity index is 1.88. The van der Waals surface area contributed by atoms with Gasteiger partial charge in [-0.15, -0.1) is 0 Å². The zero-order valence-electron chi connectivity index (χ0n) is 12.7. The van der Waals surface area contributed by atoms with E-state index in [0.717, 1.165) is 31.4 Å². The highest BCUT2D eigenvalue weighted by molar-refractivity contribution is 5.92. The molecule has 1 fully saturated rings. The van der Waals surface area contributed by atoms with Crippen molar-refractivity contribution in [2.75, 3.05) is 26.0 Å². The molecule has 0 radical (unpaired) electrons. The van der Waals surface area contributed by atoms with Gasteiger partial charge >= 0.3 is 0 Å². The summed E-state index contributed by atoms with van der Waals surface area (Å²) in [4.78, 5) is 14.0. The van der Waals surface area contributed by atoms with Gasteiger partial charge in [0.2, 0.25) is 5.91 Å². The van der Waals surface area contributed by atoms with Crippen molar-refractivity contribution in [2.24, 2.45) is 0 Å². The van der Waals surface area contributed by atoms with Crippen molar-refractivity contribution >= 4 is 11.6 Å². The molecule has 0 aliphatic heterocycles. The number of amides is 1. The first-order chi connectivity index (χ1) is 10.1. The molecule has 5 nitrogen and oxygen atoms in total. The Labute approximate surface area is 125 Å². The van der Waals surface area contributed by atoms with Crippen molar-refractivity contribution in [3.63, 3.8) is 0 Å². The third-order valence-corrected chi connectivity index (χ3v) is 4.01. The van der Waals surface area contributed by atoms with Crippen molar-refractivity contribution in [1.82, 2.24) is 4.90 Å². The zero-order chi connectivity index (χ0) is 15.2. The van der Waals surface area contributed by atoms with Gasteiger partial charge in [0.05, 0.1) is 19.8 Å². The zero-order valence-corrected chi connectivity index (χ0v) is 12.7. The monoisotopic (exact) mass is 292 g/mol. The average Bonchev–Trinajstić information content (AvgIpc) is 2.47. The maximum absolute atomic E-state index is 12.1. The van der Waals surface area contributed by atoms with Crippen molar-refractivity contribution in [2.45, 2.75) is 37.8 Å². The highest BCUT2D eigenvalue weighted by Gasteiger charge is 2.27. The van der Waals surface area contributed by atoms with E-state index >= 15 is 0 Å². The molecule has 21 heavy (non-hydrogen) atoms. The van der Waals surface area contributed by atoms with Crippen molar-refractivity contribution < 1.29 is 14.6 Å². The number of anilines is 1. The van der Waals surface area contributed by atoms with Gasteiger partial charge in [-0.05, 0) is 32.0 Å². The molecule has 0 bridgehead atoms. The summed E-state index contributed by atoms with van der Waals surface area (Å²) in [6.07, 6.45) is 3.63. The van der Waals surface area contributed by atoms with Gasteiger partial charge in [-0.25, -0.2) is 0 Å². The van der Waals surface area contributed by atoms with Crippen LogP contribution in [-0.2, 0) is 4.79 Å². The van der Waals surface area contributed by atoms with Crippen molar-refractivity contribution in [3.8, 4) is 5.75 Å². The summed E-state index contributed by atoms with van der Waals surface area (Å²) in [5.74, 6) is 0.632. The molecular weight excluding hydrogens is 268 g/mol. The standard InChI is InChI=1S/C16H24N2O3/c1-18(14-8-3-4-9-15(14)19)11-16(20)17-12-6-5-7-13(10-12)21-2/h5-7,10,14-15,19H,3-4,8-9,11H2,1-2H3,(H,17,20). The summed E-state index contributed by atoms with van der Waals surface area (Å²) in [6, 6.07) is 7.36. The van der Waals surface area contributed by atoms with E-state index in [1.165, 1.54) is 0 Å². The number of hydrogen-bond donors (Lipinski definition) is 2. The number of nitrogens with zero attached hydrogens (tertiary/aromatic N) is 1. The quantitative estimate of drug-likeness (QED) is 0.869. The number of rotatable bonds is 5. The predicted octanol–water partition coefficient (Wildman–Crippen LogP) is 1.87. The average molecular weight is 292 g/mol. The molecule has 2 rings (SSSR count). The third kappa shape index (κ3) is 4.44. The van der Waals surface area contributed by atoms with Crippen LogP contribution >= 0.6 is 0 Å². The summed E-state index contributed by atoms with van der Waals surface area (Å²) in [6.45, 7) is 0.277. The minimum absolute atomic E-state index is 0.0785. The van der Waals surface area contributed by atoms with Crippen LogP contribution in [-0.4, -0.2) is 48.8 Å². The van der Waals surface area contributed by atoms with Gasteiger partial charge in [-0.2, -0.15) is 0 Å². The summed E-state index contributed by atoms with van der Waals surface area (Å²) >= 11 is 0. The Morgan fingerprint density at radius 2 is 2.19 bits per heavy atom. The van der Waals surface area contributed by atoms with E-state index < -0.39 is 0 Å². The molecule has 0 spiro atoms. The number of aliphatic hydroxyl groups is 1. The highest BCUT2D eigenvalue weighted by atomic mass is 16.5. The number of carbonyl (C=O) groups is 1. The topological polar surface area (TPSA) is 61.8 Å². The summed E-state index contributed by atoms with van der Waals surface area (Å²) in [5.41, 5.74) is 0.719. The van der Waals surface area contributed by atoms with E-state index in [1.54, 1.807) is 13.2 Å². The van der Waals surface area contributed by atoms with Crippen LogP contribution in [0.4, 0.5) is 5.69 Å². The van der Waals surface area contributed by atoms with Gasteiger partial charge in [0.1, 0.15) is 5.75 Å². The van der Waals surface area contributed by atoms with Crippen molar-refractivity contribution in [1.29, 1.82) is 0 Å². The predicted molar refractivity (Wildman–Crippen MR) is 82.5 cm³/mol. The Hall–Kier alpha value is -1.59. The molecular formula is C16H24N2O3. The van der Waals surface area contributed by atoms with Crippen LogP contribution in [0.25, 0.3) is 0 Å². The number of nitrogens with one attached hydrogen (secondary N) is 1. The van der Waals surface area contributed by atoms with Gasteiger partial charge in [-0.1, -0.05) is 18.9 Å². The van der Waals surface area contributed by atoms with Gasteiger partial charge < -0.3 is 15.2 Å². The summed E-state index contributed by atoms with van der Waals surface area (Å²) in [5, 5.41) is 12.9. The van der Waals surface area contributed by atoms with Gasteiger partial charge in [0, 0.05) is 17.8 Å². The number of benzene rings is 1. The molecule has 0 heterocycles. The number of likely N-dealkylation sites (N-methyl/N-ethyl adjacent to an activating group) is 1. The van der Waals surface area contributed by atoms with E-state index in [4.69, 9.17) is 4.74 Å². The number of hydrogen-bond acceptors (Lipinski definition) is 4. The van der Waals surface area contributed by atoms with Gasteiger partial charge in [0.15, 0.2) is 0 Å². The Bertz CT molecular complexity index is 478. The molecule has 0 aromatic heterocycles. The molecule has 2 N–H and O–H groups in total. The lowest BCUT2D eigenvalue weighted by atomic mass is 9.91. The van der Waals surface area contributed by atoms with Crippen LogP contribution < -0.4 is 10.1 Å². The van der Waals surface area contributed by atoms with Crippen LogP contribution in [0.15, 0.2) is 24.3 Å². The minimum Gasteiger partial charge on any atom is -0.497 e. The van der Waals surface area contributed by atoms with Gasteiger partial charge in [0.25, 0.3) is 0 Å². The molecule has 5 heteroatoms. The Morgan fingerprint density at radius 1 is 1.43 bits per heavy atom. The molecule has 1 saturated carbocycles. The molecule has 1 aromatic carbocycles. The number of ether oxygens (including phenoxy) is 1. The third-order valence-electron chi connectivity index (χ3n) is 4.01. The molecule has 1 aliphatic rings. The van der Waals surface area contributed by atoms with E-state index in [1.807, 2.05) is 30.1 Å². The number of aliphatic hydroxyl groups excluding tert-OH is 1. The molecule has 1 aromatic rings. The summed E-state index contributed by atoms with van der Waals surface area (Å²) in [7, 11) is 3.49. The molecule has 2 atom stereocenters. The SMILES string of the molecule is COc1cccc(NC(=O)CN(C)C2CCCCC2O)c1. The first kappa shape index (κ1) is 15.8. The van der Waals surface area contributed by atoms with Crippen LogP contribution in [0.3, 0.4) is 0 Å². The molecule has 2 unspecified atom stereocenters. The first-order valence-electron chi connectivity index (χ1n) is 7.42. The Kier molecular flexibility index (Phi) is 5.59. The fourth-order valence-corrected chi connectivity index (χ4v) is 2.85. The second kappa shape index (κ2) is 7.43. The number of methoxy groups -OCH3 is 1. The van der Waals surface area contributed by atoms with Crippen LogP contribution in [0, 0.1) is 0 Å². The lowest BCUT2D eigenvalue weighted by Gasteiger charge is -2.34. The largest absolute Gasteiger partial charge is 0.497 e. The maximum Gasteiger partial charge on any atom is 0.238 e. The van der Waals surface area contributed by atoms with E-state index in [9.17, 15) is 9.90 Å². The smallest absolute Gasteiger partial charge is 0.238 e. The maximum atomic E-state index is 12.1. The van der Waals surface area contributed by atoms with Gasteiger partial charge in [-0.3, -0.25) is 9.69 Å². The molecule has 116 valence electrons. The van der Waals surface area contributed by atoms with E-state index in [0.29, 0.717) is 5.75 Å². The van der Waals surface area contributed by atoms with E-state index in [2.05, 4.69) is 5.32 Å². The summed E-state index contributed by atoms with van der Waals surface area (Å²) < 4.78 is 5.13. The molecule has 1 aliphatic carbocycles. The normalized spacial score (nSPS) is 22.1. The minimum atomic E-state index is -0.326. The van der Waals surface area contributed by atoms with Crippen LogP contribution in [0.5, 0.6) is 5.75 Å². The lowest BCUT2D eigenvalue weighted by molar-refractivity contribution is -0.118. The Morgan fingerprint density at radius 3 is 2.90 bits per heavy atom. The van der Waals surface area contributed by atoms with E-state index in [-0.39, 0.29) is 24.6 Å². The molecule has 1 amide bonds. The number of carbonyl (C=O) groups excluding carboxylic acids is 1. The van der Waals surface area contributed by atoms with Crippen molar-refractivity contribution in [3.05, 3.63) is 24.3 Å². The first-order valence-corrected chi connectivity index (χ1v) is 7.42. The second-order valence-corrected chi connectivity index (χ2v) is 5.61. The molecule has 0 saturated heterocycles. The van der Waals surface area contributed by atoms with Crippen LogP contribution in [0.1, 0.15) is 25.7 Å². The fraction of sp³-hybridized carbons (Fsp3) is 0.562. The highest BCUT2D eigenvalue weighted by Crippen LogP contribution is 2.22. The van der Waals surface area contributed by atoms with Crippen LogP contribution in [0.2, 0.25) is 0 Å². The lowest BCUT2D eigenvalue weighted by Crippen LogP contribution is -2.46.